The van der Waals surface area contributed by atoms with E-state index in [1.165, 1.54) is 28.0 Å². The molecule has 3 aromatic rings. The summed E-state index contributed by atoms with van der Waals surface area (Å²) in [6.45, 7) is 11.5. The first-order valence-corrected chi connectivity index (χ1v) is 18.2. The Labute approximate surface area is 313 Å². The van der Waals surface area contributed by atoms with E-state index >= 15 is 0 Å². The van der Waals surface area contributed by atoms with E-state index in [2.05, 4.69) is 5.32 Å². The minimum absolute atomic E-state index is 0.138. The molecule has 1 heterocycles. The molecule has 11 heteroatoms. The number of likely N-dealkylation sites (N-methyl/N-ethyl adjacent to an activating group) is 2. The van der Waals surface area contributed by atoms with Crippen molar-refractivity contribution in [3.05, 3.63) is 95.3 Å². The van der Waals surface area contributed by atoms with Crippen LogP contribution in [0.3, 0.4) is 0 Å². The van der Waals surface area contributed by atoms with Crippen LogP contribution < -0.4 is 5.32 Å². The Hall–Kier alpha value is -4.77. The van der Waals surface area contributed by atoms with Gasteiger partial charge in [0.05, 0.1) is 6.10 Å². The first kappa shape index (κ1) is 41.0. The van der Waals surface area contributed by atoms with Crippen molar-refractivity contribution in [1.29, 1.82) is 0 Å². The number of ether oxygens (including phenoxy) is 1. The molecule has 0 spiro atoms. The predicted molar refractivity (Wildman–Crippen MR) is 205 cm³/mol. The van der Waals surface area contributed by atoms with E-state index in [-0.39, 0.29) is 18.7 Å². The van der Waals surface area contributed by atoms with Crippen LogP contribution in [-0.4, -0.2) is 100 Å². The van der Waals surface area contributed by atoms with Crippen LogP contribution in [0.5, 0.6) is 0 Å². The number of carbonyl (C=O) groups excluding carboxylic acids is 4. The summed E-state index contributed by atoms with van der Waals surface area (Å²) in [4.78, 5) is 59.8. The fraction of sp³-hybridized carbons (Fsp3) is 0.476. The van der Waals surface area contributed by atoms with Crippen LogP contribution in [0.15, 0.2) is 78.4 Å². The lowest BCUT2D eigenvalue weighted by Crippen LogP contribution is -2.57. The number of amides is 4. The van der Waals surface area contributed by atoms with Crippen LogP contribution in [-0.2, 0) is 32.0 Å². The van der Waals surface area contributed by atoms with E-state index in [9.17, 15) is 28.7 Å². The van der Waals surface area contributed by atoms with Crippen molar-refractivity contribution in [1.82, 2.24) is 20.0 Å². The summed E-state index contributed by atoms with van der Waals surface area (Å²) in [5.41, 5.74) is 0.802. The number of aliphatic hydroxyl groups excluding tert-OH is 1. The van der Waals surface area contributed by atoms with Gasteiger partial charge in [-0.15, -0.1) is 0 Å². The van der Waals surface area contributed by atoms with Crippen molar-refractivity contribution >= 4 is 34.6 Å². The number of piperidine rings is 1. The Balaban J connectivity index is 1.64. The summed E-state index contributed by atoms with van der Waals surface area (Å²) in [7, 11) is 3.15. The summed E-state index contributed by atoms with van der Waals surface area (Å²) in [5.74, 6) is -1.51. The number of halogens is 1. The van der Waals surface area contributed by atoms with Crippen LogP contribution in [0.25, 0.3) is 10.8 Å². The van der Waals surface area contributed by atoms with Gasteiger partial charge in [-0.25, -0.2) is 9.18 Å². The topological polar surface area (TPSA) is 119 Å². The van der Waals surface area contributed by atoms with Gasteiger partial charge in [0.25, 0.3) is 0 Å². The number of hydrogen-bond acceptors (Lipinski definition) is 6. The van der Waals surface area contributed by atoms with E-state index < -0.39 is 53.1 Å². The van der Waals surface area contributed by atoms with Crippen molar-refractivity contribution in [2.75, 3.05) is 27.2 Å². The maximum absolute atomic E-state index is 14.7. The number of fused-ring (bicyclic) bond motifs is 1. The van der Waals surface area contributed by atoms with Crippen LogP contribution in [0.2, 0.25) is 0 Å². The Bertz CT molecular complexity index is 1790. The number of likely N-dealkylation sites (tertiary alicyclic amines) is 1. The predicted octanol–water partition coefficient (Wildman–Crippen LogP) is 6.04. The minimum atomic E-state index is -0.989. The van der Waals surface area contributed by atoms with Crippen molar-refractivity contribution in [2.45, 2.75) is 103 Å². The molecule has 286 valence electrons. The lowest BCUT2D eigenvalue weighted by atomic mass is 9.95. The van der Waals surface area contributed by atoms with Crippen LogP contribution in [0, 0.1) is 5.82 Å². The van der Waals surface area contributed by atoms with Gasteiger partial charge in [-0.05, 0) is 94.8 Å². The second kappa shape index (κ2) is 17.4. The molecule has 2 N–H and O–H groups in total. The second-order valence-corrected chi connectivity index (χ2v) is 15.9. The second-order valence-electron chi connectivity index (χ2n) is 15.9. The third-order valence-electron chi connectivity index (χ3n) is 9.49. The Morgan fingerprint density at radius 3 is 2.09 bits per heavy atom. The van der Waals surface area contributed by atoms with Crippen LogP contribution >= 0.6 is 0 Å². The van der Waals surface area contributed by atoms with E-state index in [0.29, 0.717) is 43.5 Å². The fourth-order valence-electron chi connectivity index (χ4n) is 6.74. The number of nitrogens with one attached hydrogen (secondary N) is 1. The zero-order valence-electron chi connectivity index (χ0n) is 32.3. The molecule has 4 amide bonds. The molecule has 4 rings (SSSR count). The number of benzene rings is 3. The summed E-state index contributed by atoms with van der Waals surface area (Å²) < 4.78 is 19.3. The summed E-state index contributed by atoms with van der Waals surface area (Å²) in [5, 5.41) is 15.0. The summed E-state index contributed by atoms with van der Waals surface area (Å²) >= 11 is 0. The largest absolute Gasteiger partial charge is 0.444 e. The van der Waals surface area contributed by atoms with Gasteiger partial charge in [-0.3, -0.25) is 14.4 Å². The monoisotopic (exact) mass is 730 g/mol. The van der Waals surface area contributed by atoms with Crippen LogP contribution in [0.4, 0.5) is 9.18 Å². The van der Waals surface area contributed by atoms with E-state index in [0.717, 1.165) is 16.3 Å². The van der Waals surface area contributed by atoms with Gasteiger partial charge in [-0.2, -0.15) is 0 Å². The number of nitrogens with zero attached hydrogens (tertiary/aromatic N) is 3. The van der Waals surface area contributed by atoms with Crippen molar-refractivity contribution in [2.24, 2.45) is 0 Å². The maximum atomic E-state index is 14.7. The molecule has 0 aromatic heterocycles. The Morgan fingerprint density at radius 1 is 0.887 bits per heavy atom. The normalized spacial score (nSPS) is 15.4. The molecule has 10 nitrogen and oxygen atoms in total. The highest BCUT2D eigenvalue weighted by Gasteiger charge is 2.37. The lowest BCUT2D eigenvalue weighted by Gasteiger charge is -2.38. The Morgan fingerprint density at radius 2 is 1.47 bits per heavy atom. The first-order chi connectivity index (χ1) is 24.8. The number of aliphatic hydroxyl groups is 1. The standard InChI is InChI=1S/C42H55FN4O6/c1-28(27-42(5,6)44-40(52)53-41(2,3)4)23-37(49)45(7)35(26-30-13-16-31-11-9-10-12-32(31)24-30)38(50)46(8)36(25-29-14-17-33(43)18-15-29)39(51)47-21-19-34(48)20-22-47/h9-18,23-24,34-36,48H,19-22,25-27H2,1-8H3,(H,44,52)/b28-23+/t35-,36-/m1/s1. The number of carbonyl (C=O) groups is 4. The average molecular weight is 731 g/mol. The lowest BCUT2D eigenvalue weighted by molar-refractivity contribution is -0.150. The highest BCUT2D eigenvalue weighted by atomic mass is 19.1. The number of alkyl carbamates (subject to hydrolysis) is 1. The zero-order valence-corrected chi connectivity index (χ0v) is 32.3. The molecule has 0 saturated carbocycles. The van der Waals surface area contributed by atoms with Crippen molar-refractivity contribution in [3.8, 4) is 0 Å². The highest BCUT2D eigenvalue weighted by Crippen LogP contribution is 2.23. The van der Waals surface area contributed by atoms with Gasteiger partial charge in [0.1, 0.15) is 23.5 Å². The summed E-state index contributed by atoms with van der Waals surface area (Å²) in [6.07, 6.45) is 1.95. The van der Waals surface area contributed by atoms with Gasteiger partial charge < -0.3 is 29.9 Å². The molecule has 0 radical (unpaired) electrons. The molecule has 1 aliphatic heterocycles. The number of hydrogen-bond donors (Lipinski definition) is 2. The zero-order chi connectivity index (χ0) is 39.1. The fourth-order valence-corrected chi connectivity index (χ4v) is 6.74. The average Bonchev–Trinajstić information content (AvgIpc) is 3.08. The third-order valence-corrected chi connectivity index (χ3v) is 9.49. The molecule has 1 fully saturated rings. The van der Waals surface area contributed by atoms with Crippen molar-refractivity contribution < 1.29 is 33.4 Å². The molecule has 2 atom stereocenters. The van der Waals surface area contributed by atoms with Crippen LogP contribution in [0.1, 0.15) is 71.9 Å². The third kappa shape index (κ3) is 11.9. The minimum Gasteiger partial charge on any atom is -0.444 e. The van der Waals surface area contributed by atoms with Gasteiger partial charge in [0.2, 0.25) is 17.7 Å². The van der Waals surface area contributed by atoms with Crippen molar-refractivity contribution in [3.63, 3.8) is 0 Å². The molecular weight excluding hydrogens is 675 g/mol. The SMILES string of the molecule is C/C(=C\C(=O)N(C)[C@H](Cc1ccc2ccccc2c1)C(=O)N(C)[C@H](Cc1ccc(F)cc1)C(=O)N1CCC(O)CC1)CC(C)(C)NC(=O)OC(C)(C)C. The van der Waals surface area contributed by atoms with E-state index in [1.54, 1.807) is 58.8 Å². The smallest absolute Gasteiger partial charge is 0.408 e. The van der Waals surface area contributed by atoms with Gasteiger partial charge in [0.15, 0.2) is 0 Å². The molecular formula is C42H55FN4O6. The molecule has 1 aliphatic rings. The molecule has 0 bridgehead atoms. The molecule has 1 saturated heterocycles. The first-order valence-electron chi connectivity index (χ1n) is 18.2. The number of rotatable bonds is 12. The van der Waals surface area contributed by atoms with Gasteiger partial charge in [-0.1, -0.05) is 60.2 Å². The molecule has 53 heavy (non-hydrogen) atoms. The highest BCUT2D eigenvalue weighted by molar-refractivity contribution is 5.95. The molecule has 0 aliphatic carbocycles. The summed E-state index contributed by atoms with van der Waals surface area (Å²) in [6, 6.07) is 17.7. The van der Waals surface area contributed by atoms with E-state index in [1.807, 2.05) is 56.3 Å². The van der Waals surface area contributed by atoms with Gasteiger partial charge in [0, 0.05) is 51.6 Å². The molecule has 0 unspecified atom stereocenters. The molecule has 3 aromatic carbocycles. The quantitative estimate of drug-likeness (QED) is 0.220. The van der Waals surface area contributed by atoms with Gasteiger partial charge >= 0.3 is 6.09 Å². The maximum Gasteiger partial charge on any atom is 0.408 e. The van der Waals surface area contributed by atoms with E-state index in [4.69, 9.17) is 4.74 Å². The Kier molecular flexibility index (Phi) is 13.4.